The van der Waals surface area contributed by atoms with Gasteiger partial charge in [-0.2, -0.15) is 4.68 Å². The zero-order chi connectivity index (χ0) is 19.9. The molecule has 1 unspecified atom stereocenters. The van der Waals surface area contributed by atoms with Gasteiger partial charge in [-0.15, -0.1) is 5.10 Å². The predicted molar refractivity (Wildman–Crippen MR) is 119 cm³/mol. The Morgan fingerprint density at radius 3 is 2.10 bits per heavy atom. The summed E-state index contributed by atoms with van der Waals surface area (Å²) in [5.41, 5.74) is 4.62. The fraction of sp³-hybridized carbons (Fsp3) is 0.160. The highest BCUT2D eigenvalue weighted by Crippen LogP contribution is 2.32. The van der Waals surface area contributed by atoms with Gasteiger partial charge in [-0.1, -0.05) is 98.0 Å². The highest BCUT2D eigenvalue weighted by Gasteiger charge is 2.22. The van der Waals surface area contributed by atoms with Crippen molar-refractivity contribution in [1.29, 1.82) is 0 Å². The first-order chi connectivity index (χ1) is 14.3. The Hall–Kier alpha value is -3.53. The highest BCUT2D eigenvalue weighted by atomic mass is 15.5. The summed E-state index contributed by atoms with van der Waals surface area (Å²) >= 11 is 0. The van der Waals surface area contributed by atoms with Crippen LogP contribution in [0.2, 0.25) is 0 Å². The Kier molecular flexibility index (Phi) is 5.91. The topological polar surface area (TPSA) is 43.6 Å². The molecule has 0 fully saturated rings. The number of tetrazole rings is 1. The zero-order valence-electron chi connectivity index (χ0n) is 16.5. The summed E-state index contributed by atoms with van der Waals surface area (Å²) < 4.78 is 1.88. The molecule has 29 heavy (non-hydrogen) atoms. The maximum Gasteiger partial charge on any atom is 0.182 e. The van der Waals surface area contributed by atoms with E-state index in [-0.39, 0.29) is 0 Å². The fourth-order valence-corrected chi connectivity index (χ4v) is 3.52. The molecule has 1 aliphatic heterocycles. The van der Waals surface area contributed by atoms with Crippen LogP contribution in [0.25, 0.3) is 23.4 Å². The third kappa shape index (κ3) is 4.85. The summed E-state index contributed by atoms with van der Waals surface area (Å²) in [6.45, 7) is 2.27. The summed E-state index contributed by atoms with van der Waals surface area (Å²) in [4.78, 5) is 0. The van der Waals surface area contributed by atoms with E-state index in [2.05, 4.69) is 83.2 Å². The predicted octanol–water partition coefficient (Wildman–Crippen LogP) is 5.75. The highest BCUT2D eigenvalue weighted by molar-refractivity contribution is 5.69. The normalized spacial score (nSPS) is 19.8. The van der Waals surface area contributed by atoms with E-state index in [1.165, 1.54) is 11.1 Å². The van der Waals surface area contributed by atoms with Gasteiger partial charge in [0, 0.05) is 5.70 Å². The number of hydrogen-bond acceptors (Lipinski definition) is 3. The van der Waals surface area contributed by atoms with Crippen LogP contribution in [0, 0.1) is 5.92 Å². The molecule has 3 aromatic rings. The number of benzene rings is 2. The van der Waals surface area contributed by atoms with Crippen LogP contribution in [-0.4, -0.2) is 20.2 Å². The van der Waals surface area contributed by atoms with E-state index >= 15 is 0 Å². The first kappa shape index (κ1) is 18.8. The minimum atomic E-state index is 0.492. The monoisotopic (exact) mass is 380 g/mol. The Labute approximate surface area is 171 Å². The number of fused-ring (bicyclic) bond motifs is 1. The lowest BCUT2D eigenvalue weighted by molar-refractivity contribution is 0.610. The molecule has 4 heteroatoms. The first-order valence-electron chi connectivity index (χ1n) is 9.93. The molecule has 2 aromatic carbocycles. The molecular formula is C25H24N4. The van der Waals surface area contributed by atoms with Crippen LogP contribution in [0.3, 0.4) is 0 Å². The van der Waals surface area contributed by atoms with E-state index in [0.717, 1.165) is 29.9 Å². The number of hydrogen-bond donors (Lipinski definition) is 0. The van der Waals surface area contributed by atoms with Crippen LogP contribution >= 0.6 is 0 Å². The van der Waals surface area contributed by atoms with Crippen molar-refractivity contribution in [2.75, 3.05) is 0 Å². The molecule has 0 amide bonds. The van der Waals surface area contributed by atoms with Gasteiger partial charge >= 0.3 is 0 Å². The average molecular weight is 380 g/mol. The minimum absolute atomic E-state index is 0.492. The molecule has 0 radical (unpaired) electrons. The second kappa shape index (κ2) is 9.11. The van der Waals surface area contributed by atoms with Crippen molar-refractivity contribution < 1.29 is 0 Å². The van der Waals surface area contributed by atoms with Crippen LogP contribution < -0.4 is 0 Å². The molecule has 4 nitrogen and oxygen atoms in total. The fourth-order valence-electron chi connectivity index (χ4n) is 3.52. The van der Waals surface area contributed by atoms with Crippen molar-refractivity contribution in [3.05, 3.63) is 102 Å². The van der Waals surface area contributed by atoms with Crippen molar-refractivity contribution in [2.24, 2.45) is 5.92 Å². The standard InChI is InChI=1S/C25H24N4/c1-20-18-23(16-8-14-21-10-4-2-5-11-21)25-26-27-28-29(25)24(19-20)17-9-15-22-12-6-3-7-13-22/h2-17,20H,18-19H2,1H3. The van der Waals surface area contributed by atoms with Crippen LogP contribution in [0.15, 0.2) is 85.0 Å². The third-order valence-electron chi connectivity index (χ3n) is 4.92. The average Bonchev–Trinajstić information content (AvgIpc) is 3.19. The molecule has 0 bridgehead atoms. The lowest BCUT2D eigenvalue weighted by atomic mass is 9.97. The number of nitrogens with zero attached hydrogens (tertiary/aromatic N) is 4. The lowest BCUT2D eigenvalue weighted by Crippen LogP contribution is -2.02. The van der Waals surface area contributed by atoms with Crippen LogP contribution in [0.1, 0.15) is 36.7 Å². The zero-order valence-corrected chi connectivity index (χ0v) is 16.5. The van der Waals surface area contributed by atoms with E-state index in [1.54, 1.807) is 0 Å². The minimum Gasteiger partial charge on any atom is -0.197 e. The lowest BCUT2D eigenvalue weighted by Gasteiger charge is -2.08. The molecule has 0 saturated carbocycles. The third-order valence-corrected chi connectivity index (χ3v) is 4.92. The molecule has 4 rings (SSSR count). The molecule has 2 heterocycles. The molecule has 0 N–H and O–H groups in total. The summed E-state index contributed by atoms with van der Waals surface area (Å²) in [7, 11) is 0. The van der Waals surface area contributed by atoms with Gasteiger partial charge in [0.1, 0.15) is 0 Å². The number of allylic oxidation sites excluding steroid dienone is 6. The molecule has 144 valence electrons. The Bertz CT molecular complexity index is 972. The SMILES string of the molecule is CC1CC(=CC=Cc2ccccc2)c2nnnn2C(=CC=Cc2ccccc2)C1. The van der Waals surface area contributed by atoms with Gasteiger partial charge in [0.15, 0.2) is 5.82 Å². The van der Waals surface area contributed by atoms with E-state index in [0.29, 0.717) is 5.92 Å². The van der Waals surface area contributed by atoms with Gasteiger partial charge in [0.25, 0.3) is 0 Å². The van der Waals surface area contributed by atoms with E-state index in [1.807, 2.05) is 41.1 Å². The summed E-state index contributed by atoms with van der Waals surface area (Å²) in [5, 5.41) is 12.5. The molecule has 1 aromatic heterocycles. The Morgan fingerprint density at radius 1 is 0.828 bits per heavy atom. The van der Waals surface area contributed by atoms with Gasteiger partial charge in [-0.3, -0.25) is 0 Å². The molecular weight excluding hydrogens is 356 g/mol. The van der Waals surface area contributed by atoms with E-state index < -0.39 is 0 Å². The second-order valence-corrected chi connectivity index (χ2v) is 7.32. The van der Waals surface area contributed by atoms with Crippen molar-refractivity contribution in [3.8, 4) is 0 Å². The summed E-state index contributed by atoms with van der Waals surface area (Å²) in [6.07, 6.45) is 14.5. The molecule has 0 aliphatic carbocycles. The number of rotatable bonds is 4. The molecule has 1 aliphatic rings. The van der Waals surface area contributed by atoms with Gasteiger partial charge in [0.05, 0.1) is 0 Å². The smallest absolute Gasteiger partial charge is 0.182 e. The van der Waals surface area contributed by atoms with Crippen molar-refractivity contribution in [1.82, 2.24) is 20.2 Å². The van der Waals surface area contributed by atoms with E-state index in [9.17, 15) is 0 Å². The maximum atomic E-state index is 4.31. The first-order valence-corrected chi connectivity index (χ1v) is 9.93. The molecule has 0 saturated heterocycles. The molecule has 1 atom stereocenters. The van der Waals surface area contributed by atoms with Gasteiger partial charge in [-0.05, 0) is 52.0 Å². The number of aromatic nitrogens is 4. The quantitative estimate of drug-likeness (QED) is 0.578. The van der Waals surface area contributed by atoms with Crippen molar-refractivity contribution in [3.63, 3.8) is 0 Å². The largest absolute Gasteiger partial charge is 0.197 e. The van der Waals surface area contributed by atoms with Gasteiger partial charge in [-0.25, -0.2) is 0 Å². The maximum absolute atomic E-state index is 4.31. The Morgan fingerprint density at radius 2 is 1.45 bits per heavy atom. The van der Waals surface area contributed by atoms with E-state index in [4.69, 9.17) is 0 Å². The summed E-state index contributed by atoms with van der Waals surface area (Å²) in [6, 6.07) is 20.6. The van der Waals surface area contributed by atoms with Crippen LogP contribution in [0.4, 0.5) is 0 Å². The van der Waals surface area contributed by atoms with Crippen molar-refractivity contribution >= 4 is 23.4 Å². The molecule has 0 spiro atoms. The Balaban J connectivity index is 1.60. The second-order valence-electron chi connectivity index (χ2n) is 7.32. The van der Waals surface area contributed by atoms with Crippen molar-refractivity contribution in [2.45, 2.75) is 19.8 Å². The van der Waals surface area contributed by atoms with Crippen LogP contribution in [0.5, 0.6) is 0 Å². The van der Waals surface area contributed by atoms with Gasteiger partial charge in [0.2, 0.25) is 0 Å². The van der Waals surface area contributed by atoms with Gasteiger partial charge < -0.3 is 0 Å². The van der Waals surface area contributed by atoms with Crippen LogP contribution in [-0.2, 0) is 0 Å². The summed E-state index contributed by atoms with van der Waals surface area (Å²) in [5.74, 6) is 1.32.